The molecule has 1 aliphatic rings. The summed E-state index contributed by atoms with van der Waals surface area (Å²) in [4.78, 5) is 13.0. The molecule has 1 aromatic carbocycles. The van der Waals surface area contributed by atoms with Gasteiger partial charge in [-0.15, -0.1) is 24.1 Å². The summed E-state index contributed by atoms with van der Waals surface area (Å²) in [5.41, 5.74) is 1.29. The van der Waals surface area contributed by atoms with E-state index in [0.29, 0.717) is 12.8 Å². The maximum atomic E-state index is 11.8. The quantitative estimate of drug-likeness (QED) is 0.723. The van der Waals surface area contributed by atoms with Gasteiger partial charge in [-0.05, 0) is 18.1 Å². The van der Waals surface area contributed by atoms with E-state index in [-0.39, 0.29) is 11.0 Å². The summed E-state index contributed by atoms with van der Waals surface area (Å²) in [5, 5.41) is 0.0933. The highest BCUT2D eigenvalue weighted by atomic mass is 32.2. The van der Waals surface area contributed by atoms with E-state index in [1.165, 1.54) is 10.5 Å². The third kappa shape index (κ3) is 2.24. The van der Waals surface area contributed by atoms with E-state index in [1.807, 2.05) is 12.1 Å². The maximum Gasteiger partial charge on any atom is 0.147 e. The molecule has 0 fully saturated rings. The van der Waals surface area contributed by atoms with E-state index in [9.17, 15) is 4.79 Å². The summed E-state index contributed by atoms with van der Waals surface area (Å²) in [6, 6.07) is 8.21. The minimum atomic E-state index is 0.0933. The number of Topliss-reactive ketones (excluding diaryl/α,β-unsaturated/α-hetero) is 1. The minimum Gasteiger partial charge on any atom is -0.298 e. The zero-order chi connectivity index (χ0) is 10.7. The Bertz CT molecular complexity index is 392. The Morgan fingerprint density at radius 3 is 3.07 bits per heavy atom. The maximum absolute atomic E-state index is 11.8. The molecule has 2 heteroatoms. The number of carbonyl (C=O) groups excluding carboxylic acids is 1. The molecule has 15 heavy (non-hydrogen) atoms. The lowest BCUT2D eigenvalue weighted by atomic mass is 10.1. The fourth-order valence-electron chi connectivity index (χ4n) is 1.72. The monoisotopic (exact) mass is 216 g/mol. The van der Waals surface area contributed by atoms with Gasteiger partial charge in [-0.25, -0.2) is 0 Å². The van der Waals surface area contributed by atoms with E-state index < -0.39 is 0 Å². The number of terminal acetylenes is 1. The first-order valence-electron chi connectivity index (χ1n) is 5.02. The molecular formula is C13H12OS. The molecule has 0 amide bonds. The van der Waals surface area contributed by atoms with Crippen LogP contribution in [0.15, 0.2) is 29.2 Å². The molecule has 0 N–H and O–H groups in total. The molecule has 0 spiro atoms. The molecule has 0 aromatic heterocycles. The van der Waals surface area contributed by atoms with Crippen molar-refractivity contribution in [3.05, 3.63) is 29.8 Å². The highest BCUT2D eigenvalue weighted by Crippen LogP contribution is 2.37. The normalized spacial score (nSPS) is 18.2. The number of benzene rings is 1. The lowest BCUT2D eigenvalue weighted by Crippen LogP contribution is -2.15. The molecule has 1 heterocycles. The van der Waals surface area contributed by atoms with Crippen molar-refractivity contribution in [3.63, 3.8) is 0 Å². The van der Waals surface area contributed by atoms with Crippen LogP contribution in [0.1, 0.15) is 18.4 Å². The van der Waals surface area contributed by atoms with E-state index in [4.69, 9.17) is 6.42 Å². The minimum absolute atomic E-state index is 0.0933. The molecule has 0 radical (unpaired) electrons. The number of hydrogen-bond donors (Lipinski definition) is 0. The lowest BCUT2D eigenvalue weighted by Gasteiger charge is -2.04. The highest BCUT2D eigenvalue weighted by molar-refractivity contribution is 8.01. The summed E-state index contributed by atoms with van der Waals surface area (Å²) in [6.07, 6.45) is 7.09. The third-order valence-electron chi connectivity index (χ3n) is 2.52. The van der Waals surface area contributed by atoms with Gasteiger partial charge in [0.25, 0.3) is 0 Å². The summed E-state index contributed by atoms with van der Waals surface area (Å²) in [7, 11) is 0. The second-order valence-corrected chi connectivity index (χ2v) is 4.83. The molecule has 0 saturated heterocycles. The molecule has 1 aromatic rings. The van der Waals surface area contributed by atoms with Crippen LogP contribution < -0.4 is 0 Å². The largest absolute Gasteiger partial charge is 0.298 e. The second-order valence-electron chi connectivity index (χ2n) is 3.59. The summed E-state index contributed by atoms with van der Waals surface area (Å²) >= 11 is 1.68. The Hall–Kier alpha value is -1.20. The van der Waals surface area contributed by atoms with Gasteiger partial charge in [0.15, 0.2) is 0 Å². The first-order chi connectivity index (χ1) is 7.31. The zero-order valence-electron chi connectivity index (χ0n) is 8.40. The van der Waals surface area contributed by atoms with Crippen LogP contribution in [0.25, 0.3) is 0 Å². The molecule has 2 rings (SSSR count). The summed E-state index contributed by atoms with van der Waals surface area (Å²) in [5.74, 6) is 2.80. The highest BCUT2D eigenvalue weighted by Gasteiger charge is 2.26. The van der Waals surface area contributed by atoms with Crippen molar-refractivity contribution in [1.29, 1.82) is 0 Å². The molecule has 1 atom stereocenters. The fraction of sp³-hybridized carbons (Fsp3) is 0.308. The van der Waals surface area contributed by atoms with Gasteiger partial charge in [0.2, 0.25) is 0 Å². The van der Waals surface area contributed by atoms with Gasteiger partial charge < -0.3 is 0 Å². The van der Waals surface area contributed by atoms with Gasteiger partial charge in [0, 0.05) is 17.7 Å². The van der Waals surface area contributed by atoms with Crippen molar-refractivity contribution in [2.75, 3.05) is 0 Å². The first-order valence-corrected chi connectivity index (χ1v) is 5.90. The van der Waals surface area contributed by atoms with Crippen molar-refractivity contribution in [1.82, 2.24) is 0 Å². The Labute approximate surface area is 94.3 Å². The van der Waals surface area contributed by atoms with E-state index >= 15 is 0 Å². The molecule has 1 aliphatic heterocycles. The average molecular weight is 216 g/mol. The van der Waals surface area contributed by atoms with Gasteiger partial charge in [0.05, 0.1) is 5.25 Å². The number of fused-ring (bicyclic) bond motifs is 1. The number of thioether (sulfide) groups is 1. The molecule has 76 valence electrons. The van der Waals surface area contributed by atoms with Gasteiger partial charge in [-0.3, -0.25) is 4.79 Å². The Morgan fingerprint density at radius 2 is 2.33 bits per heavy atom. The van der Waals surface area contributed by atoms with Crippen molar-refractivity contribution >= 4 is 17.5 Å². The molecule has 1 nitrogen and oxygen atoms in total. The lowest BCUT2D eigenvalue weighted by molar-refractivity contribution is -0.118. The molecule has 0 bridgehead atoms. The van der Waals surface area contributed by atoms with Crippen molar-refractivity contribution in [2.45, 2.75) is 29.4 Å². The van der Waals surface area contributed by atoms with E-state index in [1.54, 1.807) is 11.8 Å². The summed E-state index contributed by atoms with van der Waals surface area (Å²) < 4.78 is 0. The third-order valence-corrected chi connectivity index (χ3v) is 3.89. The SMILES string of the molecule is C#CCCC(=O)C1Cc2ccccc2S1. The molecule has 0 saturated carbocycles. The van der Waals surface area contributed by atoms with Crippen molar-refractivity contribution in [2.24, 2.45) is 0 Å². The standard InChI is InChI=1S/C13H12OS/c1-2-3-7-11(14)13-9-10-6-4-5-8-12(10)15-13/h1,4-6,8,13H,3,7,9H2. The molecule has 1 unspecified atom stereocenters. The number of hydrogen-bond acceptors (Lipinski definition) is 2. The Balaban J connectivity index is 2.01. The molecular weight excluding hydrogens is 204 g/mol. The van der Waals surface area contributed by atoms with Crippen LogP contribution in [0.3, 0.4) is 0 Å². The average Bonchev–Trinajstić information content (AvgIpc) is 2.69. The van der Waals surface area contributed by atoms with Gasteiger partial charge >= 0.3 is 0 Å². The van der Waals surface area contributed by atoms with Crippen LogP contribution in [0.2, 0.25) is 0 Å². The predicted octanol–water partition coefficient (Wildman–Crippen LogP) is 2.69. The zero-order valence-corrected chi connectivity index (χ0v) is 9.22. The van der Waals surface area contributed by atoms with Gasteiger partial charge in [-0.1, -0.05) is 18.2 Å². The second kappa shape index (κ2) is 4.55. The first kappa shape index (κ1) is 10.3. The van der Waals surface area contributed by atoms with Crippen LogP contribution in [0, 0.1) is 12.3 Å². The van der Waals surface area contributed by atoms with E-state index in [2.05, 4.69) is 18.1 Å². The smallest absolute Gasteiger partial charge is 0.147 e. The van der Waals surface area contributed by atoms with Crippen LogP contribution in [-0.2, 0) is 11.2 Å². The van der Waals surface area contributed by atoms with Crippen molar-refractivity contribution < 1.29 is 4.79 Å². The van der Waals surface area contributed by atoms with Crippen LogP contribution >= 0.6 is 11.8 Å². The number of carbonyl (C=O) groups is 1. The topological polar surface area (TPSA) is 17.1 Å². The molecule has 0 aliphatic carbocycles. The van der Waals surface area contributed by atoms with Crippen LogP contribution in [-0.4, -0.2) is 11.0 Å². The van der Waals surface area contributed by atoms with Gasteiger partial charge in [-0.2, -0.15) is 0 Å². The Morgan fingerprint density at radius 1 is 1.53 bits per heavy atom. The van der Waals surface area contributed by atoms with Crippen LogP contribution in [0.4, 0.5) is 0 Å². The predicted molar refractivity (Wildman–Crippen MR) is 62.9 cm³/mol. The fourth-order valence-corrected chi connectivity index (χ4v) is 3.00. The van der Waals surface area contributed by atoms with Gasteiger partial charge in [0.1, 0.15) is 5.78 Å². The number of rotatable bonds is 3. The van der Waals surface area contributed by atoms with Crippen LogP contribution in [0.5, 0.6) is 0 Å². The van der Waals surface area contributed by atoms with Crippen molar-refractivity contribution in [3.8, 4) is 12.3 Å². The Kier molecular flexibility index (Phi) is 3.13. The number of ketones is 1. The van der Waals surface area contributed by atoms with E-state index in [0.717, 1.165) is 6.42 Å². The summed E-state index contributed by atoms with van der Waals surface area (Å²) in [6.45, 7) is 0.